The van der Waals surface area contributed by atoms with Crippen molar-refractivity contribution in [3.8, 4) is 0 Å². The van der Waals surface area contributed by atoms with Crippen LogP contribution in [0.25, 0.3) is 0 Å². The van der Waals surface area contributed by atoms with Crippen LogP contribution in [0.15, 0.2) is 30.3 Å². The van der Waals surface area contributed by atoms with Gasteiger partial charge in [0.2, 0.25) is 5.91 Å². The number of carbonyl (C=O) groups excluding carboxylic acids is 1. The van der Waals surface area contributed by atoms with Gasteiger partial charge >= 0.3 is 0 Å². The summed E-state index contributed by atoms with van der Waals surface area (Å²) in [6, 6.07) is 9.91. The number of carbonyl (C=O) groups is 1. The first-order valence-electron chi connectivity index (χ1n) is 6.71. The molecule has 0 saturated carbocycles. The molecular weight excluding hydrogens is 246 g/mol. The van der Waals surface area contributed by atoms with Crippen molar-refractivity contribution in [1.82, 2.24) is 0 Å². The molecule has 1 rings (SSSR count). The number of anilines is 1. The number of para-hydroxylation sites is 1. The number of hydrogen-bond donors (Lipinski definition) is 0. The lowest BCUT2D eigenvalue weighted by molar-refractivity contribution is -0.118. The number of unbranched alkanes of at least 4 members (excludes halogenated alkanes) is 2. The van der Waals surface area contributed by atoms with Gasteiger partial charge in [0.05, 0.1) is 0 Å². The van der Waals surface area contributed by atoms with Gasteiger partial charge in [-0.2, -0.15) is 0 Å². The lowest BCUT2D eigenvalue weighted by atomic mass is 10.2. The van der Waals surface area contributed by atoms with Crippen molar-refractivity contribution in [3.05, 3.63) is 30.3 Å². The number of alkyl halides is 1. The Kier molecular flexibility index (Phi) is 7.51. The fraction of sp³-hybridized carbons (Fsp3) is 0.533. The van der Waals surface area contributed by atoms with E-state index in [0.29, 0.717) is 12.3 Å². The summed E-state index contributed by atoms with van der Waals surface area (Å²) >= 11 is 5.64. The molecule has 0 fully saturated rings. The van der Waals surface area contributed by atoms with Crippen molar-refractivity contribution in [1.29, 1.82) is 0 Å². The highest BCUT2D eigenvalue weighted by molar-refractivity contribution is 6.17. The zero-order valence-corrected chi connectivity index (χ0v) is 11.8. The maximum atomic E-state index is 12.2. The highest BCUT2D eigenvalue weighted by atomic mass is 35.5. The minimum atomic E-state index is 0.208. The molecule has 0 spiro atoms. The average molecular weight is 268 g/mol. The van der Waals surface area contributed by atoms with Crippen LogP contribution in [0.2, 0.25) is 0 Å². The summed E-state index contributed by atoms with van der Waals surface area (Å²) in [7, 11) is 0. The molecule has 3 heteroatoms. The summed E-state index contributed by atoms with van der Waals surface area (Å²) in [5.41, 5.74) is 1.00. The van der Waals surface area contributed by atoms with E-state index in [1.165, 1.54) is 0 Å². The fourth-order valence-corrected chi connectivity index (χ4v) is 2.02. The molecule has 0 atom stereocenters. The summed E-state index contributed by atoms with van der Waals surface area (Å²) in [5, 5.41) is 0. The van der Waals surface area contributed by atoms with Crippen LogP contribution in [0.5, 0.6) is 0 Å². The summed E-state index contributed by atoms with van der Waals surface area (Å²) in [6.07, 6.45) is 4.50. The molecule has 0 aliphatic rings. The van der Waals surface area contributed by atoms with E-state index in [9.17, 15) is 4.79 Å². The van der Waals surface area contributed by atoms with E-state index in [1.54, 1.807) is 0 Å². The van der Waals surface area contributed by atoms with E-state index >= 15 is 0 Å². The molecule has 0 aliphatic carbocycles. The molecule has 0 N–H and O–H groups in total. The fourth-order valence-electron chi connectivity index (χ4n) is 1.83. The topological polar surface area (TPSA) is 20.3 Å². The molecule has 0 heterocycles. The summed E-state index contributed by atoms with van der Waals surface area (Å²) in [5.74, 6) is 0.841. The number of amides is 1. The van der Waals surface area contributed by atoms with Crippen molar-refractivity contribution in [2.75, 3.05) is 17.3 Å². The normalized spacial score (nSPS) is 10.3. The maximum absolute atomic E-state index is 12.2. The Hall–Kier alpha value is -1.02. The Bertz CT molecular complexity index is 340. The van der Waals surface area contributed by atoms with Gasteiger partial charge in [0.25, 0.3) is 0 Å². The number of halogens is 1. The number of benzene rings is 1. The third-order valence-electron chi connectivity index (χ3n) is 2.88. The molecular formula is C15H22ClNO. The van der Waals surface area contributed by atoms with Crippen LogP contribution in [0.1, 0.15) is 39.0 Å². The van der Waals surface area contributed by atoms with Crippen molar-refractivity contribution in [3.63, 3.8) is 0 Å². The second-order valence-corrected chi connectivity index (χ2v) is 4.76. The zero-order chi connectivity index (χ0) is 13.2. The quantitative estimate of drug-likeness (QED) is 0.510. The van der Waals surface area contributed by atoms with Gasteiger partial charge in [-0.15, -0.1) is 11.6 Å². The van der Waals surface area contributed by atoms with E-state index in [2.05, 4.69) is 6.92 Å². The van der Waals surface area contributed by atoms with Crippen LogP contribution in [0.4, 0.5) is 5.69 Å². The lowest BCUT2D eigenvalue weighted by Gasteiger charge is -2.22. The molecule has 0 radical (unpaired) electrons. The van der Waals surface area contributed by atoms with Gasteiger partial charge in [-0.25, -0.2) is 0 Å². The Morgan fingerprint density at radius 3 is 2.50 bits per heavy atom. The summed E-state index contributed by atoms with van der Waals surface area (Å²) in [4.78, 5) is 14.1. The van der Waals surface area contributed by atoms with E-state index in [-0.39, 0.29) is 5.91 Å². The van der Waals surface area contributed by atoms with E-state index < -0.39 is 0 Å². The molecule has 100 valence electrons. The molecule has 1 aromatic rings. The monoisotopic (exact) mass is 267 g/mol. The highest BCUT2D eigenvalue weighted by Crippen LogP contribution is 2.16. The Labute approximate surface area is 115 Å². The van der Waals surface area contributed by atoms with E-state index in [1.807, 2.05) is 35.2 Å². The van der Waals surface area contributed by atoms with Crippen LogP contribution in [0.3, 0.4) is 0 Å². The van der Waals surface area contributed by atoms with E-state index in [4.69, 9.17) is 11.6 Å². The zero-order valence-electron chi connectivity index (χ0n) is 11.1. The molecule has 0 unspecified atom stereocenters. The van der Waals surface area contributed by atoms with Crippen molar-refractivity contribution in [2.24, 2.45) is 0 Å². The first kappa shape index (κ1) is 15.0. The predicted molar refractivity (Wildman–Crippen MR) is 78.3 cm³/mol. The molecule has 18 heavy (non-hydrogen) atoms. The van der Waals surface area contributed by atoms with Crippen LogP contribution < -0.4 is 4.90 Å². The molecule has 1 amide bonds. The Morgan fingerprint density at radius 2 is 1.89 bits per heavy atom. The summed E-state index contributed by atoms with van der Waals surface area (Å²) < 4.78 is 0. The molecule has 1 aromatic carbocycles. The van der Waals surface area contributed by atoms with Gasteiger partial charge in [-0.3, -0.25) is 4.79 Å². The number of hydrogen-bond acceptors (Lipinski definition) is 1. The van der Waals surface area contributed by atoms with Gasteiger partial charge in [-0.05, 0) is 31.4 Å². The molecule has 0 saturated heterocycles. The van der Waals surface area contributed by atoms with Gasteiger partial charge in [-0.1, -0.05) is 31.5 Å². The predicted octanol–water partition coefficient (Wildman–Crippen LogP) is 4.23. The van der Waals surface area contributed by atoms with Gasteiger partial charge in [0, 0.05) is 24.5 Å². The SMILES string of the molecule is CCCCN(C(=O)CCCCCl)c1ccccc1. The molecule has 2 nitrogen and oxygen atoms in total. The minimum Gasteiger partial charge on any atom is -0.312 e. The van der Waals surface area contributed by atoms with Crippen LogP contribution in [-0.4, -0.2) is 18.3 Å². The van der Waals surface area contributed by atoms with Crippen molar-refractivity contribution >= 4 is 23.2 Å². The second-order valence-electron chi connectivity index (χ2n) is 4.38. The number of rotatable bonds is 8. The van der Waals surface area contributed by atoms with Crippen molar-refractivity contribution in [2.45, 2.75) is 39.0 Å². The van der Waals surface area contributed by atoms with E-state index in [0.717, 1.165) is 37.9 Å². The van der Waals surface area contributed by atoms with Gasteiger partial charge in [0.1, 0.15) is 0 Å². The Morgan fingerprint density at radius 1 is 1.17 bits per heavy atom. The highest BCUT2D eigenvalue weighted by Gasteiger charge is 2.14. The summed E-state index contributed by atoms with van der Waals surface area (Å²) in [6.45, 7) is 2.95. The van der Waals surface area contributed by atoms with Gasteiger partial charge in [0.15, 0.2) is 0 Å². The van der Waals surface area contributed by atoms with Crippen LogP contribution in [0, 0.1) is 0 Å². The lowest BCUT2D eigenvalue weighted by Crippen LogP contribution is -2.31. The van der Waals surface area contributed by atoms with Crippen LogP contribution in [-0.2, 0) is 4.79 Å². The van der Waals surface area contributed by atoms with Crippen LogP contribution >= 0.6 is 11.6 Å². The molecule has 0 aliphatic heterocycles. The molecule has 0 aromatic heterocycles. The first-order chi connectivity index (χ1) is 8.79. The third kappa shape index (κ3) is 5.09. The first-order valence-corrected chi connectivity index (χ1v) is 7.24. The minimum absolute atomic E-state index is 0.208. The Balaban J connectivity index is 2.63. The van der Waals surface area contributed by atoms with Gasteiger partial charge < -0.3 is 4.90 Å². The second kappa shape index (κ2) is 8.98. The third-order valence-corrected chi connectivity index (χ3v) is 3.15. The standard InChI is InChI=1S/C15H22ClNO/c1-2-3-13-17(14-9-5-4-6-10-14)15(18)11-7-8-12-16/h4-6,9-10H,2-3,7-8,11-13H2,1H3. The largest absolute Gasteiger partial charge is 0.312 e. The number of nitrogens with zero attached hydrogens (tertiary/aromatic N) is 1. The maximum Gasteiger partial charge on any atom is 0.226 e. The van der Waals surface area contributed by atoms with Crippen molar-refractivity contribution < 1.29 is 4.79 Å². The smallest absolute Gasteiger partial charge is 0.226 e. The molecule has 0 bridgehead atoms. The average Bonchev–Trinajstić information content (AvgIpc) is 2.41.